The molecule has 1 aromatic carbocycles. The molecule has 0 aliphatic heterocycles. The first-order valence-corrected chi connectivity index (χ1v) is 12.4. The van der Waals surface area contributed by atoms with Crippen LogP contribution in [0.15, 0.2) is 43.1 Å². The van der Waals surface area contributed by atoms with Crippen molar-refractivity contribution in [2.75, 3.05) is 11.9 Å². The first-order chi connectivity index (χ1) is 18.4. The molecule has 1 fully saturated rings. The number of amides is 2. The van der Waals surface area contributed by atoms with Crippen LogP contribution in [0.5, 0.6) is 0 Å². The molecular weight excluding hydrogens is 502 g/mol. The number of nitrogens with zero attached hydrogens (tertiary/aromatic N) is 4. The second kappa shape index (κ2) is 12.4. The summed E-state index contributed by atoms with van der Waals surface area (Å²) in [5.41, 5.74) is 6.89. The maximum Gasteiger partial charge on any atom is 0.358 e. The van der Waals surface area contributed by atoms with Gasteiger partial charge in [0.2, 0.25) is 5.91 Å². The number of carboxylic acids is 1. The summed E-state index contributed by atoms with van der Waals surface area (Å²) in [6, 6.07) is 5.03. The molecule has 12 nitrogen and oxygen atoms in total. The summed E-state index contributed by atoms with van der Waals surface area (Å²) < 4.78 is 0. The molecule has 1 saturated carbocycles. The largest absolute Gasteiger partial charge is 0.476 e. The highest BCUT2D eigenvalue weighted by molar-refractivity contribution is 6.06. The molecule has 0 unspecified atom stereocenters. The van der Waals surface area contributed by atoms with Crippen LogP contribution in [0.1, 0.15) is 94.8 Å². The molecule has 0 atom stereocenters. The lowest BCUT2D eigenvalue weighted by Crippen LogP contribution is -2.38. The minimum Gasteiger partial charge on any atom is -0.476 e. The van der Waals surface area contributed by atoms with Gasteiger partial charge in [0.25, 0.3) is 5.91 Å². The van der Waals surface area contributed by atoms with Crippen LogP contribution in [-0.4, -0.2) is 60.1 Å². The van der Waals surface area contributed by atoms with Crippen molar-refractivity contribution in [1.82, 2.24) is 25.3 Å². The van der Waals surface area contributed by atoms with Gasteiger partial charge in [-0.25, -0.2) is 24.7 Å². The van der Waals surface area contributed by atoms with Crippen LogP contribution in [0.4, 0.5) is 11.5 Å². The van der Waals surface area contributed by atoms with E-state index < -0.39 is 23.4 Å². The molecule has 2 heterocycles. The Hall–Kier alpha value is -4.45. The number of rotatable bonds is 9. The van der Waals surface area contributed by atoms with Crippen LogP contribution in [0.2, 0.25) is 0 Å². The van der Waals surface area contributed by atoms with Crippen molar-refractivity contribution in [3.63, 3.8) is 0 Å². The van der Waals surface area contributed by atoms with E-state index >= 15 is 0 Å². The molecule has 1 aliphatic rings. The van der Waals surface area contributed by atoms with Crippen molar-refractivity contribution in [2.45, 2.75) is 58.0 Å². The number of hydrogen-bond acceptors (Lipinski definition) is 9. The summed E-state index contributed by atoms with van der Waals surface area (Å²) in [7, 11) is 0. The van der Waals surface area contributed by atoms with E-state index in [0.29, 0.717) is 11.6 Å². The Morgan fingerprint density at radius 2 is 1.77 bits per heavy atom. The molecule has 6 N–H and O–H groups in total. The topological polar surface area (TPSA) is 193 Å². The van der Waals surface area contributed by atoms with Crippen LogP contribution in [-0.2, 0) is 0 Å². The number of benzene rings is 1. The van der Waals surface area contributed by atoms with Crippen molar-refractivity contribution in [3.05, 3.63) is 71.2 Å². The highest BCUT2D eigenvalue weighted by atomic mass is 16.4. The van der Waals surface area contributed by atoms with Gasteiger partial charge in [-0.2, -0.15) is 0 Å². The monoisotopic (exact) mass is 535 g/mol. The quantitative estimate of drug-likeness (QED) is 0.272. The second-order valence-corrected chi connectivity index (χ2v) is 10.1. The van der Waals surface area contributed by atoms with Crippen molar-refractivity contribution < 1.29 is 24.6 Å². The summed E-state index contributed by atoms with van der Waals surface area (Å²) in [5.74, 6) is -1.37. The molecule has 1 aliphatic carbocycles. The smallest absolute Gasteiger partial charge is 0.358 e. The standard InChI is InChI=1S/C15H22N2O3.C12H11N5O2/c1-9(2)10-5-6-11(13(16)18)12(7-10)14(19)17-8-15(3,4)20;18-12(19)10-11(16-8-3-13-6-14-4-8)15-5-9(17-10)7-1-2-7/h5-7,9,20H,8H2,1-4H3,(H2,16,18)(H,17,19);3-7H,1-2H2,(H,15,16)(H,18,19). The average Bonchev–Trinajstić information content (AvgIpc) is 3.73. The van der Waals surface area contributed by atoms with E-state index in [-0.39, 0.29) is 35.1 Å². The number of anilines is 2. The maximum atomic E-state index is 12.2. The number of carbonyl (C=O) groups is 3. The van der Waals surface area contributed by atoms with Gasteiger partial charge in [-0.15, -0.1) is 0 Å². The number of carboxylic acid groups (broad SMARTS) is 1. The van der Waals surface area contributed by atoms with Gasteiger partial charge in [0.15, 0.2) is 11.5 Å². The van der Waals surface area contributed by atoms with Crippen LogP contribution in [0.3, 0.4) is 0 Å². The van der Waals surface area contributed by atoms with Crippen LogP contribution in [0.25, 0.3) is 0 Å². The zero-order valence-corrected chi connectivity index (χ0v) is 22.3. The number of aliphatic hydroxyl groups is 1. The van der Waals surface area contributed by atoms with Crippen molar-refractivity contribution >= 4 is 29.3 Å². The third kappa shape index (κ3) is 8.54. The number of hydrogen-bond donors (Lipinski definition) is 5. The zero-order chi connectivity index (χ0) is 28.7. The Labute approximate surface area is 226 Å². The van der Waals surface area contributed by atoms with E-state index in [1.807, 2.05) is 13.8 Å². The summed E-state index contributed by atoms with van der Waals surface area (Å²) in [6.07, 6.45) is 8.19. The molecule has 0 spiro atoms. The van der Waals surface area contributed by atoms with Crippen LogP contribution in [0, 0.1) is 0 Å². The fourth-order valence-electron chi connectivity index (χ4n) is 3.44. The lowest BCUT2D eigenvalue weighted by molar-refractivity contribution is 0.0690. The van der Waals surface area contributed by atoms with Crippen molar-refractivity contribution in [3.8, 4) is 0 Å². The van der Waals surface area contributed by atoms with Crippen LogP contribution < -0.4 is 16.4 Å². The number of carbonyl (C=O) groups excluding carboxylic acids is 2. The number of nitrogens with two attached hydrogens (primary N) is 1. The summed E-state index contributed by atoms with van der Waals surface area (Å²) >= 11 is 0. The maximum absolute atomic E-state index is 12.2. The average molecular weight is 536 g/mol. The van der Waals surface area contributed by atoms with Gasteiger partial charge in [0.05, 0.1) is 46.7 Å². The van der Waals surface area contributed by atoms with Gasteiger partial charge in [-0.05, 0) is 50.3 Å². The molecular formula is C27H33N7O5. The SMILES string of the molecule is CC(C)c1ccc(C(N)=O)c(C(=O)NCC(C)(C)O)c1.O=C(O)c1nc(C2CC2)cnc1Nc1cncnc1. The third-order valence-electron chi connectivity index (χ3n) is 5.71. The predicted molar refractivity (Wildman–Crippen MR) is 144 cm³/mol. The number of aromatic nitrogens is 4. The predicted octanol–water partition coefficient (Wildman–Crippen LogP) is 3.00. The zero-order valence-electron chi connectivity index (χ0n) is 22.3. The molecule has 2 aromatic heterocycles. The van der Waals surface area contributed by atoms with E-state index in [4.69, 9.17) is 5.73 Å². The lowest BCUT2D eigenvalue weighted by Gasteiger charge is -2.18. The van der Waals surface area contributed by atoms with Gasteiger partial charge < -0.3 is 26.6 Å². The van der Waals surface area contributed by atoms with E-state index in [0.717, 1.165) is 24.1 Å². The number of aromatic carboxylic acids is 1. The van der Waals surface area contributed by atoms with E-state index in [9.17, 15) is 24.6 Å². The molecule has 206 valence electrons. The van der Waals surface area contributed by atoms with E-state index in [1.165, 1.54) is 18.7 Å². The van der Waals surface area contributed by atoms with Gasteiger partial charge in [0.1, 0.15) is 6.33 Å². The molecule has 2 amide bonds. The van der Waals surface area contributed by atoms with Gasteiger partial charge in [-0.3, -0.25) is 9.59 Å². The number of nitrogens with one attached hydrogen (secondary N) is 2. The minimum atomic E-state index is -1.10. The normalized spacial score (nSPS) is 12.8. The summed E-state index contributed by atoms with van der Waals surface area (Å²) in [4.78, 5) is 50.8. The second-order valence-electron chi connectivity index (χ2n) is 10.1. The highest BCUT2D eigenvalue weighted by Gasteiger charge is 2.27. The first kappa shape index (κ1) is 29.1. The minimum absolute atomic E-state index is 0.0757. The Balaban J connectivity index is 0.000000216. The fraction of sp³-hybridized carbons (Fsp3) is 0.370. The number of primary amides is 1. The molecule has 0 bridgehead atoms. The van der Waals surface area contributed by atoms with Gasteiger partial charge in [-0.1, -0.05) is 19.9 Å². The Bertz CT molecular complexity index is 1340. The molecule has 3 aromatic rings. The van der Waals surface area contributed by atoms with Gasteiger partial charge in [0, 0.05) is 12.5 Å². The molecule has 12 heteroatoms. The van der Waals surface area contributed by atoms with E-state index in [1.54, 1.807) is 38.2 Å². The molecule has 0 saturated heterocycles. The van der Waals surface area contributed by atoms with Crippen LogP contribution >= 0.6 is 0 Å². The Morgan fingerprint density at radius 3 is 2.31 bits per heavy atom. The van der Waals surface area contributed by atoms with Crippen molar-refractivity contribution in [1.29, 1.82) is 0 Å². The molecule has 39 heavy (non-hydrogen) atoms. The third-order valence-corrected chi connectivity index (χ3v) is 5.71. The Morgan fingerprint density at radius 1 is 1.10 bits per heavy atom. The van der Waals surface area contributed by atoms with Gasteiger partial charge >= 0.3 is 5.97 Å². The molecule has 4 rings (SSSR count). The van der Waals surface area contributed by atoms with E-state index in [2.05, 4.69) is 30.6 Å². The first-order valence-electron chi connectivity index (χ1n) is 12.4. The summed E-state index contributed by atoms with van der Waals surface area (Å²) in [5, 5.41) is 24.3. The highest BCUT2D eigenvalue weighted by Crippen LogP contribution is 2.39. The Kier molecular flexibility index (Phi) is 9.25. The summed E-state index contributed by atoms with van der Waals surface area (Å²) in [6.45, 7) is 7.27. The molecule has 0 radical (unpaired) electrons. The lowest BCUT2D eigenvalue weighted by atomic mass is 9.96. The fourth-order valence-corrected chi connectivity index (χ4v) is 3.44. The van der Waals surface area contributed by atoms with Crippen molar-refractivity contribution in [2.24, 2.45) is 5.73 Å².